The number of hydrogen-bond acceptors (Lipinski definition) is 5. The third-order valence-corrected chi connectivity index (χ3v) is 6.84. The number of carbonyl (C=O) groups excluding carboxylic acids is 1. The largest absolute Gasteiger partial charge is 0.377 e. The average Bonchev–Trinajstić information content (AvgIpc) is 3.24. The minimum absolute atomic E-state index is 0.0840. The summed E-state index contributed by atoms with van der Waals surface area (Å²) in [6.45, 7) is 6.41. The highest BCUT2D eigenvalue weighted by Gasteiger charge is 2.17. The SMILES string of the molecule is Cc1cccc(C)c1NC(=O)CSc1nnc(CNc2cccc(Cl)c2C)n1-c1ccccc1. The minimum atomic E-state index is -0.0840. The van der Waals surface area contributed by atoms with Crippen LogP contribution in [0.1, 0.15) is 22.5 Å². The van der Waals surface area contributed by atoms with Gasteiger partial charge in [-0.25, -0.2) is 0 Å². The lowest BCUT2D eigenvalue weighted by Gasteiger charge is -2.13. The zero-order valence-electron chi connectivity index (χ0n) is 19.3. The quantitative estimate of drug-likeness (QED) is 0.287. The smallest absolute Gasteiger partial charge is 0.234 e. The van der Waals surface area contributed by atoms with Crippen LogP contribution in [0.3, 0.4) is 0 Å². The summed E-state index contributed by atoms with van der Waals surface area (Å²) in [7, 11) is 0. The van der Waals surface area contributed by atoms with Crippen molar-refractivity contribution in [1.82, 2.24) is 14.8 Å². The van der Waals surface area contributed by atoms with Crippen LogP contribution in [0.2, 0.25) is 5.02 Å². The van der Waals surface area contributed by atoms with Crippen LogP contribution in [0.5, 0.6) is 0 Å². The Morgan fingerprint density at radius 3 is 2.38 bits per heavy atom. The van der Waals surface area contributed by atoms with Crippen LogP contribution in [0.4, 0.5) is 11.4 Å². The fraction of sp³-hybridized carbons (Fsp3) is 0.192. The molecule has 34 heavy (non-hydrogen) atoms. The summed E-state index contributed by atoms with van der Waals surface area (Å²) in [6, 6.07) is 21.6. The second-order valence-electron chi connectivity index (χ2n) is 7.94. The van der Waals surface area contributed by atoms with E-state index >= 15 is 0 Å². The predicted octanol–water partition coefficient (Wildman–Crippen LogP) is 6.19. The number of nitrogens with zero attached hydrogens (tertiary/aromatic N) is 3. The maximum Gasteiger partial charge on any atom is 0.234 e. The second-order valence-corrected chi connectivity index (χ2v) is 9.29. The van der Waals surface area contributed by atoms with Crippen molar-refractivity contribution in [2.24, 2.45) is 0 Å². The lowest BCUT2D eigenvalue weighted by Crippen LogP contribution is -2.16. The molecular formula is C26H26ClN5OS. The van der Waals surface area contributed by atoms with Crippen molar-refractivity contribution in [3.05, 3.63) is 94.3 Å². The Bertz CT molecular complexity index is 1290. The molecule has 0 bridgehead atoms. The molecule has 0 aliphatic carbocycles. The highest BCUT2D eigenvalue weighted by Crippen LogP contribution is 2.26. The van der Waals surface area contributed by atoms with Gasteiger partial charge in [0.25, 0.3) is 0 Å². The fourth-order valence-electron chi connectivity index (χ4n) is 3.64. The summed E-state index contributed by atoms with van der Waals surface area (Å²) in [6.07, 6.45) is 0. The first kappa shape index (κ1) is 23.9. The van der Waals surface area contributed by atoms with E-state index in [-0.39, 0.29) is 11.7 Å². The zero-order valence-corrected chi connectivity index (χ0v) is 20.9. The number of thioether (sulfide) groups is 1. The van der Waals surface area contributed by atoms with Gasteiger partial charge < -0.3 is 10.6 Å². The number of nitrogens with one attached hydrogen (secondary N) is 2. The Kier molecular flexibility index (Phi) is 7.55. The molecule has 4 aromatic rings. The fourth-order valence-corrected chi connectivity index (χ4v) is 4.58. The monoisotopic (exact) mass is 491 g/mol. The number of carbonyl (C=O) groups is 1. The Hall–Kier alpha value is -3.29. The lowest BCUT2D eigenvalue weighted by atomic mass is 10.1. The van der Waals surface area contributed by atoms with E-state index in [0.717, 1.165) is 39.6 Å². The van der Waals surface area contributed by atoms with E-state index in [2.05, 4.69) is 20.8 Å². The Morgan fingerprint density at radius 1 is 0.941 bits per heavy atom. The summed E-state index contributed by atoms with van der Waals surface area (Å²) in [5.41, 5.74) is 5.79. The maximum atomic E-state index is 12.7. The normalized spacial score (nSPS) is 10.8. The molecule has 174 valence electrons. The second kappa shape index (κ2) is 10.8. The van der Waals surface area contributed by atoms with Crippen LogP contribution < -0.4 is 10.6 Å². The number of aromatic nitrogens is 3. The van der Waals surface area contributed by atoms with Crippen molar-refractivity contribution in [1.29, 1.82) is 0 Å². The van der Waals surface area contributed by atoms with Gasteiger partial charge in [-0.15, -0.1) is 10.2 Å². The first-order valence-electron chi connectivity index (χ1n) is 10.9. The van der Waals surface area contributed by atoms with Crippen LogP contribution in [0.15, 0.2) is 71.9 Å². The van der Waals surface area contributed by atoms with Crippen LogP contribution in [-0.2, 0) is 11.3 Å². The van der Waals surface area contributed by atoms with Gasteiger partial charge in [0.2, 0.25) is 5.91 Å². The molecule has 8 heteroatoms. The van der Waals surface area contributed by atoms with Crippen LogP contribution >= 0.6 is 23.4 Å². The highest BCUT2D eigenvalue weighted by atomic mass is 35.5. The van der Waals surface area contributed by atoms with Gasteiger partial charge >= 0.3 is 0 Å². The molecule has 1 heterocycles. The topological polar surface area (TPSA) is 71.8 Å². The molecule has 3 aromatic carbocycles. The summed E-state index contributed by atoms with van der Waals surface area (Å²) in [4.78, 5) is 12.7. The summed E-state index contributed by atoms with van der Waals surface area (Å²) < 4.78 is 1.98. The summed E-state index contributed by atoms with van der Waals surface area (Å²) >= 11 is 7.62. The summed E-state index contributed by atoms with van der Waals surface area (Å²) in [5.74, 6) is 0.877. The van der Waals surface area contributed by atoms with E-state index in [1.54, 1.807) is 0 Å². The molecule has 0 aliphatic rings. The third-order valence-electron chi connectivity index (χ3n) is 5.50. The van der Waals surface area contributed by atoms with Crippen molar-refractivity contribution >= 4 is 40.6 Å². The Labute approximate surface area is 208 Å². The average molecular weight is 492 g/mol. The first-order valence-corrected chi connectivity index (χ1v) is 12.3. The van der Waals surface area contributed by atoms with Crippen LogP contribution in [-0.4, -0.2) is 26.4 Å². The molecule has 4 rings (SSSR count). The van der Waals surface area contributed by atoms with E-state index in [9.17, 15) is 4.79 Å². The zero-order chi connectivity index (χ0) is 24.1. The molecule has 0 saturated carbocycles. The maximum absolute atomic E-state index is 12.7. The van der Waals surface area contributed by atoms with Gasteiger partial charge in [0, 0.05) is 22.1 Å². The number of aryl methyl sites for hydroxylation is 2. The predicted molar refractivity (Wildman–Crippen MR) is 140 cm³/mol. The molecule has 6 nitrogen and oxygen atoms in total. The van der Waals surface area contributed by atoms with E-state index in [1.165, 1.54) is 11.8 Å². The van der Waals surface area contributed by atoms with Gasteiger partial charge in [-0.1, -0.05) is 65.8 Å². The molecule has 0 radical (unpaired) electrons. The van der Waals surface area contributed by atoms with Crippen molar-refractivity contribution in [3.63, 3.8) is 0 Å². The molecule has 1 aromatic heterocycles. The van der Waals surface area contributed by atoms with Crippen molar-refractivity contribution in [3.8, 4) is 5.69 Å². The number of benzene rings is 3. The third kappa shape index (κ3) is 5.43. The van der Waals surface area contributed by atoms with Gasteiger partial charge in [-0.2, -0.15) is 0 Å². The Balaban J connectivity index is 1.52. The molecule has 1 amide bonds. The van der Waals surface area contributed by atoms with E-state index < -0.39 is 0 Å². The molecule has 0 spiro atoms. The number of hydrogen-bond donors (Lipinski definition) is 2. The van der Waals surface area contributed by atoms with Gasteiger partial charge in [-0.05, 0) is 61.7 Å². The molecule has 2 N–H and O–H groups in total. The van der Waals surface area contributed by atoms with E-state index in [1.807, 2.05) is 92.1 Å². The molecule has 0 fully saturated rings. The van der Waals surface area contributed by atoms with Gasteiger partial charge in [0.1, 0.15) is 0 Å². The molecule has 0 atom stereocenters. The molecular weight excluding hydrogens is 466 g/mol. The van der Waals surface area contributed by atoms with E-state index in [0.29, 0.717) is 16.7 Å². The number of para-hydroxylation sites is 2. The van der Waals surface area contributed by atoms with Crippen LogP contribution in [0, 0.1) is 20.8 Å². The number of halogens is 1. The van der Waals surface area contributed by atoms with Gasteiger partial charge in [0.05, 0.1) is 12.3 Å². The minimum Gasteiger partial charge on any atom is -0.377 e. The van der Waals surface area contributed by atoms with E-state index in [4.69, 9.17) is 11.6 Å². The van der Waals surface area contributed by atoms with Gasteiger partial charge in [0.15, 0.2) is 11.0 Å². The van der Waals surface area contributed by atoms with Crippen LogP contribution in [0.25, 0.3) is 5.69 Å². The Morgan fingerprint density at radius 2 is 1.65 bits per heavy atom. The van der Waals surface area contributed by atoms with Crippen molar-refractivity contribution in [2.75, 3.05) is 16.4 Å². The van der Waals surface area contributed by atoms with Gasteiger partial charge in [-0.3, -0.25) is 9.36 Å². The highest BCUT2D eigenvalue weighted by molar-refractivity contribution is 7.99. The molecule has 0 unspecified atom stereocenters. The van der Waals surface area contributed by atoms with Crippen molar-refractivity contribution in [2.45, 2.75) is 32.5 Å². The molecule has 0 aliphatic heterocycles. The number of amides is 1. The standard InChI is InChI=1S/C26H26ClN5OS/c1-17-9-7-10-18(2)25(17)29-24(33)16-34-26-31-30-23(32(26)20-11-5-4-6-12-20)15-28-22-14-8-13-21(27)19(22)3/h4-14,28H,15-16H2,1-3H3,(H,29,33). The van der Waals surface area contributed by atoms with Crippen molar-refractivity contribution < 1.29 is 4.79 Å². The summed E-state index contributed by atoms with van der Waals surface area (Å²) in [5, 5.41) is 16.6. The number of anilines is 2. The molecule has 0 saturated heterocycles. The first-order chi connectivity index (χ1) is 16.4. The lowest BCUT2D eigenvalue weighted by molar-refractivity contribution is -0.113. The number of rotatable bonds is 8.